The van der Waals surface area contributed by atoms with Gasteiger partial charge in [0, 0.05) is 0 Å². The lowest BCUT2D eigenvalue weighted by Crippen LogP contribution is -2.15. The van der Waals surface area contributed by atoms with Crippen LogP contribution in [0.1, 0.15) is 71.4 Å². The fraction of sp³-hybridized carbons (Fsp3) is 0.529. The lowest BCUT2D eigenvalue weighted by Gasteiger charge is -2.16. The first kappa shape index (κ1) is 17.2. The number of rotatable bonds is 8. The van der Waals surface area contributed by atoms with Gasteiger partial charge in [0.25, 0.3) is 0 Å². The predicted molar refractivity (Wildman–Crippen MR) is 82.0 cm³/mol. The van der Waals surface area contributed by atoms with Crippen molar-refractivity contribution in [3.8, 4) is 0 Å². The number of hydrogen-bond acceptors (Lipinski definition) is 3. The molecule has 1 N–H and O–H groups in total. The zero-order chi connectivity index (χ0) is 15.8. The topological polar surface area (TPSA) is 63.6 Å². The number of carbonyl (C=O) groups excluding carboxylic acids is 1. The van der Waals surface area contributed by atoms with E-state index in [0.29, 0.717) is 6.42 Å². The Morgan fingerprint density at radius 3 is 2.24 bits per heavy atom. The first-order valence-corrected chi connectivity index (χ1v) is 7.53. The Labute approximate surface area is 126 Å². The minimum absolute atomic E-state index is 0.0354. The van der Waals surface area contributed by atoms with Crippen LogP contribution >= 0.6 is 0 Å². The van der Waals surface area contributed by atoms with Gasteiger partial charge >= 0.3 is 11.9 Å². The summed E-state index contributed by atoms with van der Waals surface area (Å²) in [5.74, 6) is -1.65. The van der Waals surface area contributed by atoms with Gasteiger partial charge in [-0.2, -0.15) is 0 Å². The van der Waals surface area contributed by atoms with Crippen LogP contribution in [0.25, 0.3) is 0 Å². The number of unbranched alkanes of at least 4 members (excludes halogenated alkanes) is 2. The average molecular weight is 292 g/mol. The van der Waals surface area contributed by atoms with Crippen molar-refractivity contribution in [3.63, 3.8) is 0 Å². The van der Waals surface area contributed by atoms with Crippen molar-refractivity contribution in [2.24, 2.45) is 0 Å². The van der Waals surface area contributed by atoms with E-state index >= 15 is 0 Å². The Bertz CT molecular complexity index is 506. The van der Waals surface area contributed by atoms with Gasteiger partial charge in [-0.25, -0.2) is 9.59 Å². The first-order chi connectivity index (χ1) is 10.1. The van der Waals surface area contributed by atoms with Gasteiger partial charge < -0.3 is 9.84 Å². The van der Waals surface area contributed by atoms with E-state index in [4.69, 9.17) is 4.74 Å². The quantitative estimate of drug-likeness (QED) is 0.739. The van der Waals surface area contributed by atoms with Gasteiger partial charge in [-0.05, 0) is 42.9 Å². The second kappa shape index (κ2) is 8.45. The molecule has 0 bridgehead atoms. The number of hydrogen-bond donors (Lipinski definition) is 1. The fourth-order valence-electron chi connectivity index (χ4n) is 2.44. The highest BCUT2D eigenvalue weighted by molar-refractivity contribution is 6.03. The van der Waals surface area contributed by atoms with Gasteiger partial charge in [-0.1, -0.05) is 32.8 Å². The summed E-state index contributed by atoms with van der Waals surface area (Å²) < 4.78 is 4.80. The molecular weight excluding hydrogens is 268 g/mol. The molecule has 0 heterocycles. The average Bonchev–Trinajstić information content (AvgIpc) is 2.49. The van der Waals surface area contributed by atoms with Crippen LogP contribution in [0.3, 0.4) is 0 Å². The Hall–Kier alpha value is -1.84. The van der Waals surface area contributed by atoms with Gasteiger partial charge in [0.2, 0.25) is 0 Å². The first-order valence-electron chi connectivity index (χ1n) is 7.53. The highest BCUT2D eigenvalue weighted by Gasteiger charge is 2.23. The van der Waals surface area contributed by atoms with Crippen molar-refractivity contribution >= 4 is 11.9 Å². The lowest BCUT2D eigenvalue weighted by atomic mass is 9.90. The monoisotopic (exact) mass is 292 g/mol. The third kappa shape index (κ3) is 4.31. The summed E-state index contributed by atoms with van der Waals surface area (Å²) in [6, 6.07) is 3.37. The molecule has 0 radical (unpaired) electrons. The van der Waals surface area contributed by atoms with E-state index in [-0.39, 0.29) is 11.1 Å². The number of aromatic carboxylic acids is 1. The molecule has 0 aliphatic heterocycles. The normalized spacial score (nSPS) is 10.4. The number of carboxylic acids is 1. The summed E-state index contributed by atoms with van der Waals surface area (Å²) in [5.41, 5.74) is 2.17. The van der Waals surface area contributed by atoms with Crippen LogP contribution in [-0.4, -0.2) is 24.2 Å². The summed E-state index contributed by atoms with van der Waals surface area (Å²) in [5, 5.41) is 9.32. The smallest absolute Gasteiger partial charge is 0.339 e. The van der Waals surface area contributed by atoms with E-state index in [2.05, 4.69) is 13.8 Å². The van der Waals surface area contributed by atoms with E-state index in [1.165, 1.54) is 13.2 Å². The van der Waals surface area contributed by atoms with E-state index < -0.39 is 11.9 Å². The molecule has 0 unspecified atom stereocenters. The number of esters is 1. The molecule has 0 saturated heterocycles. The molecule has 21 heavy (non-hydrogen) atoms. The molecule has 0 spiro atoms. The maximum absolute atomic E-state index is 12.1. The molecule has 1 aromatic carbocycles. The Morgan fingerprint density at radius 2 is 1.71 bits per heavy atom. The van der Waals surface area contributed by atoms with Gasteiger partial charge in [0.05, 0.1) is 18.2 Å². The van der Waals surface area contributed by atoms with Crippen molar-refractivity contribution in [2.75, 3.05) is 7.11 Å². The third-order valence-electron chi connectivity index (χ3n) is 3.61. The van der Waals surface area contributed by atoms with Crippen LogP contribution in [0.15, 0.2) is 12.1 Å². The van der Waals surface area contributed by atoms with Crippen LogP contribution < -0.4 is 0 Å². The van der Waals surface area contributed by atoms with E-state index in [1.807, 2.05) is 6.07 Å². The molecule has 0 fully saturated rings. The van der Waals surface area contributed by atoms with E-state index in [0.717, 1.165) is 43.2 Å². The number of benzene rings is 1. The predicted octanol–water partition coefficient (Wildman–Crippen LogP) is 3.86. The summed E-state index contributed by atoms with van der Waals surface area (Å²) in [4.78, 5) is 23.4. The van der Waals surface area contributed by atoms with Crippen molar-refractivity contribution in [3.05, 3.63) is 34.4 Å². The molecular formula is C17H24O4. The highest BCUT2D eigenvalue weighted by atomic mass is 16.5. The molecule has 0 saturated carbocycles. The highest BCUT2D eigenvalue weighted by Crippen LogP contribution is 2.24. The second-order valence-corrected chi connectivity index (χ2v) is 5.13. The standard InChI is InChI=1S/C17H24O4/c1-4-6-8-12-10-11-14(16(18)19)15(17(20)21-3)13(12)9-7-5-2/h10-11H,4-9H2,1-3H3,(H,18,19). The van der Waals surface area contributed by atoms with Crippen LogP contribution in [0.2, 0.25) is 0 Å². The number of carboxylic acid groups (broad SMARTS) is 1. The number of aryl methyl sites for hydroxylation is 1. The van der Waals surface area contributed by atoms with Gasteiger partial charge in [0.15, 0.2) is 0 Å². The van der Waals surface area contributed by atoms with E-state index in [1.54, 1.807) is 0 Å². The lowest BCUT2D eigenvalue weighted by molar-refractivity contribution is 0.0581. The molecule has 0 aliphatic carbocycles. The molecule has 4 nitrogen and oxygen atoms in total. The molecule has 0 aliphatic rings. The molecule has 1 rings (SSSR count). The minimum atomic E-state index is -1.09. The summed E-state index contributed by atoms with van der Waals surface area (Å²) >= 11 is 0. The number of carbonyl (C=O) groups is 2. The molecule has 1 aromatic rings. The Morgan fingerprint density at radius 1 is 1.10 bits per heavy atom. The van der Waals surface area contributed by atoms with Crippen molar-refractivity contribution < 1.29 is 19.4 Å². The molecule has 4 heteroatoms. The summed E-state index contributed by atoms with van der Waals surface area (Å²) in [7, 11) is 1.29. The summed E-state index contributed by atoms with van der Waals surface area (Å²) in [6.07, 6.45) is 5.56. The number of methoxy groups -OCH3 is 1. The van der Waals surface area contributed by atoms with Gasteiger partial charge in [0.1, 0.15) is 0 Å². The maximum Gasteiger partial charge on any atom is 0.339 e. The molecule has 116 valence electrons. The molecule has 0 atom stereocenters. The Balaban J connectivity index is 3.40. The Kier molecular flexibility index (Phi) is 6.92. The van der Waals surface area contributed by atoms with Gasteiger partial charge in [-0.15, -0.1) is 0 Å². The minimum Gasteiger partial charge on any atom is -0.478 e. The largest absolute Gasteiger partial charge is 0.478 e. The zero-order valence-electron chi connectivity index (χ0n) is 13.1. The SMILES string of the molecule is CCCCc1ccc(C(=O)O)c(C(=O)OC)c1CCCC. The van der Waals surface area contributed by atoms with Crippen LogP contribution in [0.5, 0.6) is 0 Å². The van der Waals surface area contributed by atoms with E-state index in [9.17, 15) is 14.7 Å². The summed E-state index contributed by atoms with van der Waals surface area (Å²) in [6.45, 7) is 4.18. The van der Waals surface area contributed by atoms with Crippen LogP contribution in [0.4, 0.5) is 0 Å². The van der Waals surface area contributed by atoms with Crippen molar-refractivity contribution in [2.45, 2.75) is 52.4 Å². The zero-order valence-corrected chi connectivity index (χ0v) is 13.1. The fourth-order valence-corrected chi connectivity index (χ4v) is 2.44. The number of ether oxygens (including phenoxy) is 1. The van der Waals surface area contributed by atoms with Gasteiger partial charge in [-0.3, -0.25) is 0 Å². The van der Waals surface area contributed by atoms with Crippen LogP contribution in [0, 0.1) is 0 Å². The van der Waals surface area contributed by atoms with Crippen LogP contribution in [-0.2, 0) is 17.6 Å². The molecule has 0 aromatic heterocycles. The third-order valence-corrected chi connectivity index (χ3v) is 3.61. The van der Waals surface area contributed by atoms with Crippen molar-refractivity contribution in [1.29, 1.82) is 0 Å². The molecule has 0 amide bonds. The maximum atomic E-state index is 12.1. The second-order valence-electron chi connectivity index (χ2n) is 5.13. The van der Waals surface area contributed by atoms with Crippen molar-refractivity contribution in [1.82, 2.24) is 0 Å².